The minimum Gasteiger partial charge on any atom is -0.446 e. The number of alkyl carbamates (subject to hydrolysis) is 1. The van der Waals surface area contributed by atoms with Gasteiger partial charge in [-0.2, -0.15) is 0 Å². The summed E-state index contributed by atoms with van der Waals surface area (Å²) in [7, 11) is 0. The first-order chi connectivity index (χ1) is 32.4. The Morgan fingerprint density at radius 1 is 0.853 bits per heavy atom. The van der Waals surface area contributed by atoms with Crippen LogP contribution < -0.4 is 5.32 Å². The molecule has 7 aliphatic rings. The summed E-state index contributed by atoms with van der Waals surface area (Å²) in [6.07, 6.45) is 1.97. The van der Waals surface area contributed by atoms with Crippen molar-refractivity contribution in [2.45, 2.75) is 232 Å². The second kappa shape index (κ2) is 23.6. The van der Waals surface area contributed by atoms with Gasteiger partial charge in [0.2, 0.25) is 0 Å². The summed E-state index contributed by atoms with van der Waals surface area (Å²) < 4.78 is 42.9. The van der Waals surface area contributed by atoms with E-state index in [2.05, 4.69) is 46.0 Å². The maximum absolute atomic E-state index is 13.2. The van der Waals surface area contributed by atoms with Gasteiger partial charge in [0.05, 0.1) is 32.0 Å². The number of aliphatic hydroxyl groups excluding tert-OH is 6. The third kappa shape index (κ3) is 11.8. The number of carbonyl (C=O) groups is 1. The van der Waals surface area contributed by atoms with Gasteiger partial charge in [-0.25, -0.2) is 4.79 Å². The number of hydrogen-bond donors (Lipinski definition) is 7. The van der Waals surface area contributed by atoms with E-state index in [-0.39, 0.29) is 36.5 Å². The molecule has 3 saturated heterocycles. The van der Waals surface area contributed by atoms with E-state index < -0.39 is 86.5 Å². The van der Waals surface area contributed by atoms with Crippen molar-refractivity contribution in [1.82, 2.24) is 5.32 Å². The third-order valence-electron chi connectivity index (χ3n) is 18.7. The van der Waals surface area contributed by atoms with Crippen molar-refractivity contribution in [3.05, 3.63) is 11.6 Å². The topological polar surface area (TPSA) is 215 Å². The largest absolute Gasteiger partial charge is 0.446 e. The molecule has 22 atom stereocenters. The molecule has 1 amide bonds. The van der Waals surface area contributed by atoms with Crippen molar-refractivity contribution in [1.29, 1.82) is 0 Å². The van der Waals surface area contributed by atoms with Crippen LogP contribution in [0.4, 0.5) is 4.79 Å². The Morgan fingerprint density at radius 2 is 1.63 bits per heavy atom. The number of fused-ring (bicyclic) bond motifs is 5. The van der Waals surface area contributed by atoms with Crippen molar-refractivity contribution in [3.63, 3.8) is 0 Å². The van der Waals surface area contributed by atoms with Crippen molar-refractivity contribution in [2.24, 2.45) is 58.2 Å². The first-order valence-corrected chi connectivity index (χ1v) is 26.9. The number of rotatable bonds is 17. The van der Waals surface area contributed by atoms with Gasteiger partial charge in [-0.1, -0.05) is 85.8 Å². The Labute approximate surface area is 406 Å². The normalized spacial score (nSPS) is 45.8. The number of allylic oxidation sites excluding steroid dienone is 1. The van der Waals surface area contributed by atoms with E-state index in [0.29, 0.717) is 37.2 Å². The summed E-state index contributed by atoms with van der Waals surface area (Å²) in [5.41, 5.74) is 2.07. The zero-order valence-electron chi connectivity index (χ0n) is 42.6. The second-order valence-electron chi connectivity index (χ2n) is 23.2. The lowest BCUT2D eigenvalue weighted by Crippen LogP contribution is -2.65. The van der Waals surface area contributed by atoms with Crippen LogP contribution in [0.1, 0.15) is 152 Å². The standard InChI is InChI=1S/C53H91NO14/c1-9-33-28-63-42(19-18-40(56)31(33)5)67-47-44(58)41(27-55)66-50(48(47)68-49-46(60)45(59)43(57)32(6)64-49)62-25-11-24-54-51(61)65-35-20-22-52(7)34(26-35)14-15-36-38-17-16-37(30(4)13-10-12-29(2)3)53(38,8)23-21-39(36)52/h14,29-33,35-50,55-60H,9-13,15-28H2,1-8H3,(H,54,61). The van der Waals surface area contributed by atoms with Crippen molar-refractivity contribution in [3.8, 4) is 0 Å². The van der Waals surface area contributed by atoms with E-state index in [1.54, 1.807) is 0 Å². The quantitative estimate of drug-likeness (QED) is 0.0624. The van der Waals surface area contributed by atoms with Gasteiger partial charge in [-0.05, 0) is 123 Å². The molecule has 3 heterocycles. The lowest BCUT2D eigenvalue weighted by molar-refractivity contribution is -0.378. The lowest BCUT2D eigenvalue weighted by Gasteiger charge is -2.58. The Kier molecular flexibility index (Phi) is 18.8. The highest BCUT2D eigenvalue weighted by atomic mass is 16.8. The van der Waals surface area contributed by atoms with Crippen LogP contribution in [-0.2, 0) is 33.2 Å². The van der Waals surface area contributed by atoms with E-state index in [0.717, 1.165) is 61.7 Å². The molecule has 0 spiro atoms. The number of hydrogen-bond acceptors (Lipinski definition) is 14. The molecule has 0 bridgehead atoms. The number of nitrogens with one attached hydrogen (secondary N) is 1. The van der Waals surface area contributed by atoms with E-state index in [9.17, 15) is 35.4 Å². The number of aliphatic hydroxyl groups is 6. The molecule has 6 fully saturated rings. The van der Waals surface area contributed by atoms with Gasteiger partial charge in [0.15, 0.2) is 18.9 Å². The molecular formula is C53H91NO14. The fourth-order valence-electron chi connectivity index (χ4n) is 14.3. The highest BCUT2D eigenvalue weighted by Gasteiger charge is 2.59. The van der Waals surface area contributed by atoms with Crippen LogP contribution in [0.15, 0.2) is 11.6 Å². The molecule has 15 nitrogen and oxygen atoms in total. The molecule has 3 aliphatic heterocycles. The number of ether oxygens (including phenoxy) is 7. The summed E-state index contributed by atoms with van der Waals surface area (Å²) >= 11 is 0. The van der Waals surface area contributed by atoms with Crippen LogP contribution in [0.2, 0.25) is 0 Å². The average molecular weight is 966 g/mol. The lowest BCUT2D eigenvalue weighted by atomic mass is 9.47. The molecule has 0 aromatic carbocycles. The van der Waals surface area contributed by atoms with Gasteiger partial charge in [0.1, 0.15) is 48.8 Å². The molecule has 0 radical (unpaired) electrons. The minimum absolute atomic E-state index is 0.0189. The van der Waals surface area contributed by atoms with Gasteiger partial charge < -0.3 is 69.1 Å². The molecule has 7 rings (SSSR count). The Balaban J connectivity index is 0.925. The van der Waals surface area contributed by atoms with Gasteiger partial charge >= 0.3 is 6.09 Å². The Hall–Kier alpha value is -1.47. The van der Waals surface area contributed by atoms with Crippen LogP contribution in [0, 0.1) is 58.2 Å². The molecule has 15 heteroatoms. The van der Waals surface area contributed by atoms with Gasteiger partial charge in [-0.3, -0.25) is 0 Å². The smallest absolute Gasteiger partial charge is 0.407 e. The number of amides is 1. The summed E-state index contributed by atoms with van der Waals surface area (Å²) in [4.78, 5) is 13.2. The molecule has 3 saturated carbocycles. The molecule has 0 aromatic rings. The predicted molar refractivity (Wildman–Crippen MR) is 254 cm³/mol. The van der Waals surface area contributed by atoms with Crippen LogP contribution in [0.25, 0.3) is 0 Å². The fourth-order valence-corrected chi connectivity index (χ4v) is 14.3. The first kappa shape index (κ1) is 54.3. The van der Waals surface area contributed by atoms with E-state index >= 15 is 0 Å². The SMILES string of the molecule is CCC1COC(OC2C(O)C(CO)OC(OCCCNC(=O)OC3CCC4(C)C(=CCC5C4CCC4(C)C(C(C)CCCC(C)C)CCC54)C3)C2OC2OC(C)C(O)C(O)C2O)CCC(O)C1C. The summed E-state index contributed by atoms with van der Waals surface area (Å²) in [6.45, 7) is 17.9. The van der Waals surface area contributed by atoms with E-state index in [1.165, 1.54) is 57.4 Å². The van der Waals surface area contributed by atoms with Crippen molar-refractivity contribution < 1.29 is 68.6 Å². The highest BCUT2D eigenvalue weighted by Crippen LogP contribution is 2.67. The van der Waals surface area contributed by atoms with Crippen molar-refractivity contribution >= 4 is 6.09 Å². The van der Waals surface area contributed by atoms with Gasteiger partial charge in [0.25, 0.3) is 0 Å². The van der Waals surface area contributed by atoms with E-state index in [1.807, 2.05) is 13.8 Å². The molecule has 4 aliphatic carbocycles. The number of carbonyl (C=O) groups excluding carboxylic acids is 1. The highest BCUT2D eigenvalue weighted by molar-refractivity contribution is 5.67. The Bertz CT molecular complexity index is 1640. The molecule has 7 N–H and O–H groups in total. The van der Waals surface area contributed by atoms with Crippen molar-refractivity contribution in [2.75, 3.05) is 26.4 Å². The zero-order valence-corrected chi connectivity index (χ0v) is 42.6. The molecule has 392 valence electrons. The summed E-state index contributed by atoms with van der Waals surface area (Å²) in [6, 6.07) is 0. The summed E-state index contributed by atoms with van der Waals surface area (Å²) in [5, 5.41) is 67.5. The van der Waals surface area contributed by atoms with Crippen LogP contribution >= 0.6 is 0 Å². The zero-order chi connectivity index (χ0) is 49.1. The Morgan fingerprint density at radius 3 is 2.37 bits per heavy atom. The summed E-state index contributed by atoms with van der Waals surface area (Å²) in [5.74, 6) is 4.71. The average Bonchev–Trinajstić information content (AvgIpc) is 3.67. The van der Waals surface area contributed by atoms with Crippen LogP contribution in [-0.4, -0.2) is 143 Å². The maximum atomic E-state index is 13.2. The van der Waals surface area contributed by atoms with E-state index in [4.69, 9.17) is 33.2 Å². The maximum Gasteiger partial charge on any atom is 0.407 e. The first-order valence-electron chi connectivity index (χ1n) is 26.9. The second-order valence-corrected chi connectivity index (χ2v) is 23.2. The minimum atomic E-state index is -1.67. The fraction of sp³-hybridized carbons (Fsp3) is 0.943. The van der Waals surface area contributed by atoms with Gasteiger partial charge in [0, 0.05) is 19.4 Å². The van der Waals surface area contributed by atoms with Crippen LogP contribution in [0.5, 0.6) is 0 Å². The predicted octanol–water partition coefficient (Wildman–Crippen LogP) is 6.37. The molecule has 68 heavy (non-hydrogen) atoms. The third-order valence-corrected chi connectivity index (χ3v) is 18.7. The monoisotopic (exact) mass is 966 g/mol. The molecular weight excluding hydrogens is 875 g/mol. The van der Waals surface area contributed by atoms with Crippen LogP contribution in [0.3, 0.4) is 0 Å². The van der Waals surface area contributed by atoms with Gasteiger partial charge in [-0.15, -0.1) is 0 Å². The molecule has 0 aromatic heterocycles. The molecule has 22 unspecified atom stereocenters.